The molecule has 2 unspecified atom stereocenters. The van der Waals surface area contributed by atoms with Crippen molar-refractivity contribution in [2.75, 3.05) is 26.3 Å². The molecule has 0 aliphatic carbocycles. The summed E-state index contributed by atoms with van der Waals surface area (Å²) in [6.45, 7) is 2.60. The van der Waals surface area contributed by atoms with E-state index in [1.807, 2.05) is 0 Å². The molecule has 2 atom stereocenters. The van der Waals surface area contributed by atoms with Gasteiger partial charge in [0.05, 0.1) is 24.5 Å². The third-order valence-corrected chi connectivity index (χ3v) is 8.13. The van der Waals surface area contributed by atoms with Crippen molar-refractivity contribution in [3.63, 3.8) is 0 Å². The van der Waals surface area contributed by atoms with Crippen LogP contribution < -0.4 is 11.1 Å². The molecule has 2 aliphatic rings. The largest absolute Gasteiger partial charge is 0.379 e. The van der Waals surface area contributed by atoms with E-state index < -0.39 is 38.9 Å². The number of ether oxygens (including phenoxy) is 1. The summed E-state index contributed by atoms with van der Waals surface area (Å²) >= 11 is 0.864. The summed E-state index contributed by atoms with van der Waals surface area (Å²) in [6.07, 6.45) is 1.28. The highest BCUT2D eigenvalue weighted by Gasteiger charge is 2.41. The maximum Gasteiger partial charge on any atom is 0.252 e. The Morgan fingerprint density at radius 2 is 2.00 bits per heavy atom. The summed E-state index contributed by atoms with van der Waals surface area (Å²) < 4.78 is 45.3. The summed E-state index contributed by atoms with van der Waals surface area (Å²) in [5.74, 6) is -2.75. The number of morpholine rings is 1. The van der Waals surface area contributed by atoms with Crippen LogP contribution in [0.1, 0.15) is 15.9 Å². The summed E-state index contributed by atoms with van der Waals surface area (Å²) in [6, 6.07) is 3.70. The van der Waals surface area contributed by atoms with Crippen molar-refractivity contribution in [2.24, 2.45) is 11.7 Å². The van der Waals surface area contributed by atoms with E-state index in [0.717, 1.165) is 17.8 Å². The number of nitrogens with zero attached hydrogens (tertiary/aromatic N) is 1. The fraction of sp³-hybridized carbons (Fsp3) is 0.412. The Morgan fingerprint density at radius 3 is 2.61 bits per heavy atom. The van der Waals surface area contributed by atoms with Crippen LogP contribution in [-0.2, 0) is 19.6 Å². The molecule has 0 bridgehead atoms. The number of halogens is 1. The molecule has 1 saturated heterocycles. The number of hydrogen-bond acceptors (Lipinski definition) is 6. The number of carbonyl (C=O) groups excluding carboxylic acids is 2. The Morgan fingerprint density at radius 1 is 1.32 bits per heavy atom. The first-order chi connectivity index (χ1) is 13.2. The maximum absolute atomic E-state index is 13.3. The van der Waals surface area contributed by atoms with Gasteiger partial charge in [0.1, 0.15) is 10.1 Å². The number of rotatable bonds is 5. The Labute approximate surface area is 166 Å². The number of hydrogen-bond donors (Lipinski definition) is 2. The normalized spacial score (nSPS) is 23.3. The van der Waals surface area contributed by atoms with Crippen LogP contribution in [0.4, 0.5) is 4.39 Å². The first-order valence-corrected chi connectivity index (χ1v) is 10.8. The average molecular weight is 429 g/mol. The third kappa shape index (κ3) is 4.22. The highest BCUT2D eigenvalue weighted by molar-refractivity contribution is 8.18. The Balaban J connectivity index is 1.79. The molecule has 11 heteroatoms. The van der Waals surface area contributed by atoms with Gasteiger partial charge < -0.3 is 15.8 Å². The van der Waals surface area contributed by atoms with Crippen LogP contribution in [0.5, 0.6) is 0 Å². The van der Waals surface area contributed by atoms with Crippen molar-refractivity contribution in [1.29, 1.82) is 0 Å². The topological polar surface area (TPSA) is 119 Å². The number of amides is 2. The van der Waals surface area contributed by atoms with Crippen molar-refractivity contribution < 1.29 is 27.1 Å². The van der Waals surface area contributed by atoms with E-state index in [1.54, 1.807) is 6.92 Å². The van der Waals surface area contributed by atoms with Crippen LogP contribution in [-0.4, -0.2) is 56.2 Å². The summed E-state index contributed by atoms with van der Waals surface area (Å²) in [4.78, 5) is 24.4. The summed E-state index contributed by atoms with van der Waals surface area (Å²) in [5.41, 5.74) is 6.06. The van der Waals surface area contributed by atoms with Gasteiger partial charge in [0.2, 0.25) is 15.9 Å². The Kier molecular flexibility index (Phi) is 6.08. The molecule has 3 N–H and O–H groups in total. The van der Waals surface area contributed by atoms with E-state index >= 15 is 0 Å². The van der Waals surface area contributed by atoms with Crippen LogP contribution in [0.2, 0.25) is 0 Å². The number of nitrogens with one attached hydrogen (secondary N) is 1. The number of sulfonamides is 1. The van der Waals surface area contributed by atoms with Gasteiger partial charge in [-0.15, -0.1) is 0 Å². The number of nitrogens with two attached hydrogens (primary N) is 1. The Bertz CT molecular complexity index is 929. The molecule has 3 rings (SSSR count). The van der Waals surface area contributed by atoms with Crippen molar-refractivity contribution in [3.05, 3.63) is 45.5 Å². The van der Waals surface area contributed by atoms with Gasteiger partial charge in [-0.2, -0.15) is 4.31 Å². The number of thioether (sulfide) groups is 1. The van der Waals surface area contributed by atoms with Crippen molar-refractivity contribution in [2.45, 2.75) is 12.3 Å². The predicted octanol–water partition coefficient (Wildman–Crippen LogP) is 0.542. The molecule has 1 fully saturated rings. The second-order valence-electron chi connectivity index (χ2n) is 6.40. The standard InChI is InChI=1S/C17H20FN3O5S2/c1-10-8-11(18)2-3-12(10)16(23)20-17-13(15(19)22)9-14(27-17)28(24,25)21-4-6-26-7-5-21/h2-3,8-9,13,17H,4-7H2,1H3,(H2,19,22)(H,20,23). The molecule has 28 heavy (non-hydrogen) atoms. The van der Waals surface area contributed by atoms with Gasteiger partial charge >= 0.3 is 0 Å². The molecule has 0 radical (unpaired) electrons. The fourth-order valence-electron chi connectivity index (χ4n) is 2.97. The first kappa shape index (κ1) is 20.8. The highest BCUT2D eigenvalue weighted by atomic mass is 32.3. The van der Waals surface area contributed by atoms with E-state index in [2.05, 4.69) is 5.32 Å². The zero-order valence-corrected chi connectivity index (χ0v) is 16.7. The van der Waals surface area contributed by atoms with Crippen molar-refractivity contribution in [3.8, 4) is 0 Å². The van der Waals surface area contributed by atoms with Crippen LogP contribution in [0, 0.1) is 18.7 Å². The van der Waals surface area contributed by atoms with Crippen LogP contribution in [0.3, 0.4) is 0 Å². The molecule has 1 aromatic rings. The van der Waals surface area contributed by atoms with Crippen LogP contribution in [0.15, 0.2) is 28.5 Å². The van der Waals surface area contributed by atoms with Gasteiger partial charge in [0.15, 0.2) is 0 Å². The minimum absolute atomic E-state index is 0.0284. The molecule has 2 aliphatic heterocycles. The van der Waals surface area contributed by atoms with Gasteiger partial charge in [-0.1, -0.05) is 11.8 Å². The molecule has 0 saturated carbocycles. The minimum Gasteiger partial charge on any atom is -0.379 e. The average Bonchev–Trinajstić information content (AvgIpc) is 3.07. The zero-order chi connectivity index (χ0) is 20.5. The van der Waals surface area contributed by atoms with Gasteiger partial charge in [-0.3, -0.25) is 9.59 Å². The lowest BCUT2D eigenvalue weighted by molar-refractivity contribution is -0.120. The number of primary amides is 1. The van der Waals surface area contributed by atoms with E-state index in [-0.39, 0.29) is 22.9 Å². The smallest absolute Gasteiger partial charge is 0.252 e. The zero-order valence-electron chi connectivity index (χ0n) is 15.1. The molecule has 1 aromatic carbocycles. The van der Waals surface area contributed by atoms with E-state index in [0.29, 0.717) is 18.8 Å². The molecule has 8 nitrogen and oxygen atoms in total. The molecule has 0 aromatic heterocycles. The number of aryl methyl sites for hydroxylation is 1. The maximum atomic E-state index is 13.3. The SMILES string of the molecule is Cc1cc(F)ccc1C(=O)NC1SC(S(=O)(=O)N2CCOCC2)=CC1C(N)=O. The highest BCUT2D eigenvalue weighted by Crippen LogP contribution is 2.40. The fourth-order valence-corrected chi connectivity index (χ4v) is 6.29. The lowest BCUT2D eigenvalue weighted by atomic mass is 10.1. The monoisotopic (exact) mass is 429 g/mol. The predicted molar refractivity (Wildman–Crippen MR) is 102 cm³/mol. The van der Waals surface area contributed by atoms with Crippen molar-refractivity contribution in [1.82, 2.24) is 9.62 Å². The quantitative estimate of drug-likeness (QED) is 0.705. The molecular formula is C17H20FN3O5S2. The summed E-state index contributed by atoms with van der Waals surface area (Å²) in [7, 11) is -3.81. The molecule has 152 valence electrons. The summed E-state index contributed by atoms with van der Waals surface area (Å²) in [5, 5.41) is 1.76. The molecular weight excluding hydrogens is 409 g/mol. The molecule has 2 heterocycles. The van der Waals surface area contributed by atoms with Crippen LogP contribution >= 0.6 is 11.8 Å². The second kappa shape index (κ2) is 8.19. The lowest BCUT2D eigenvalue weighted by Gasteiger charge is -2.26. The van der Waals surface area contributed by atoms with Crippen molar-refractivity contribution >= 4 is 33.6 Å². The van der Waals surface area contributed by atoms with Gasteiger partial charge in [-0.25, -0.2) is 12.8 Å². The first-order valence-electron chi connectivity index (χ1n) is 8.53. The number of benzene rings is 1. The minimum atomic E-state index is -3.81. The van der Waals surface area contributed by atoms with Gasteiger partial charge in [0, 0.05) is 18.7 Å². The van der Waals surface area contributed by atoms with Crippen LogP contribution in [0.25, 0.3) is 0 Å². The molecule has 0 spiro atoms. The lowest BCUT2D eigenvalue weighted by Crippen LogP contribution is -2.41. The third-order valence-electron chi connectivity index (χ3n) is 4.48. The molecule has 2 amide bonds. The Hall–Kier alpha value is -1.95. The van der Waals surface area contributed by atoms with E-state index in [9.17, 15) is 22.4 Å². The van der Waals surface area contributed by atoms with E-state index in [4.69, 9.17) is 10.5 Å². The van der Waals surface area contributed by atoms with Gasteiger partial charge in [0.25, 0.3) is 5.91 Å². The number of carbonyl (C=O) groups is 2. The van der Waals surface area contributed by atoms with Gasteiger partial charge in [-0.05, 0) is 36.8 Å². The van der Waals surface area contributed by atoms with E-state index in [1.165, 1.54) is 22.5 Å². The second-order valence-corrected chi connectivity index (χ2v) is 9.75.